The van der Waals surface area contributed by atoms with Gasteiger partial charge in [-0.05, 0) is 41.5 Å². The number of alkyl halides is 9. The van der Waals surface area contributed by atoms with Crippen LogP contribution >= 0.6 is 0 Å². The van der Waals surface area contributed by atoms with Crippen LogP contribution in [0, 0.1) is 0 Å². The minimum Gasteiger partial charge on any atom is -0.381 e. The molecule has 0 spiro atoms. The van der Waals surface area contributed by atoms with Crippen molar-refractivity contribution in [1.29, 1.82) is 0 Å². The molecule has 0 aromatic heterocycles. The van der Waals surface area contributed by atoms with Crippen molar-refractivity contribution < 1.29 is 49.4 Å². The van der Waals surface area contributed by atoms with Crippen LogP contribution in [0.3, 0.4) is 0 Å². The first kappa shape index (κ1) is 26.3. The highest BCUT2D eigenvalue weighted by molar-refractivity contribution is 5.72. The first-order valence-corrected chi connectivity index (χ1v) is 9.10. The maximum absolute atomic E-state index is 13.7. The third kappa shape index (κ3) is 6.53. The molecule has 13 heteroatoms. The summed E-state index contributed by atoms with van der Waals surface area (Å²) in [5, 5.41) is 15.0. The van der Waals surface area contributed by atoms with Gasteiger partial charge in [0.15, 0.2) is 0 Å². The maximum atomic E-state index is 13.7. The number of amides is 1. The fourth-order valence-corrected chi connectivity index (χ4v) is 2.76. The molecule has 182 valence electrons. The number of rotatable bonds is 6. The summed E-state index contributed by atoms with van der Waals surface area (Å²) in [6, 6.07) is 4.69. The topological polar surface area (TPSA) is 61.4 Å². The summed E-state index contributed by atoms with van der Waals surface area (Å²) in [4.78, 5) is 10.9. The number of benzene rings is 2. The SMILES string of the molecule is CC(=O)NCc1ccc(NC[C@](O)(c2cc(C(F)(F)F)cc(C(F)(F)F)c2)C(F)(F)F)cc1. The summed E-state index contributed by atoms with van der Waals surface area (Å²) >= 11 is 0. The van der Waals surface area contributed by atoms with Crippen molar-refractivity contribution in [3.8, 4) is 0 Å². The second-order valence-electron chi connectivity index (χ2n) is 7.11. The molecule has 0 aliphatic heterocycles. The fourth-order valence-electron chi connectivity index (χ4n) is 2.76. The molecule has 0 bridgehead atoms. The van der Waals surface area contributed by atoms with Crippen LogP contribution in [0.25, 0.3) is 0 Å². The van der Waals surface area contributed by atoms with Gasteiger partial charge in [0.2, 0.25) is 11.5 Å². The van der Waals surface area contributed by atoms with Crippen LogP contribution in [0.1, 0.15) is 29.2 Å². The predicted octanol–water partition coefficient (Wildman–Crippen LogP) is 5.22. The van der Waals surface area contributed by atoms with E-state index in [-0.39, 0.29) is 36.3 Å². The Balaban J connectivity index is 2.42. The van der Waals surface area contributed by atoms with Crippen LogP contribution in [-0.4, -0.2) is 23.7 Å². The molecule has 2 aromatic rings. The molecule has 0 saturated heterocycles. The van der Waals surface area contributed by atoms with Crippen molar-refractivity contribution in [2.75, 3.05) is 11.9 Å². The van der Waals surface area contributed by atoms with Crippen molar-refractivity contribution in [2.24, 2.45) is 0 Å². The van der Waals surface area contributed by atoms with E-state index in [1.165, 1.54) is 31.2 Å². The molecule has 0 saturated carbocycles. The van der Waals surface area contributed by atoms with E-state index in [1.807, 2.05) is 0 Å². The molecule has 0 aliphatic rings. The van der Waals surface area contributed by atoms with Gasteiger partial charge in [0.1, 0.15) is 0 Å². The van der Waals surface area contributed by atoms with Gasteiger partial charge in [0, 0.05) is 19.2 Å². The van der Waals surface area contributed by atoms with E-state index < -0.39 is 47.4 Å². The Morgan fingerprint density at radius 3 is 1.67 bits per heavy atom. The third-order valence-electron chi connectivity index (χ3n) is 4.58. The molecule has 0 aliphatic carbocycles. The fraction of sp³-hybridized carbons (Fsp3) is 0.350. The molecule has 4 nitrogen and oxygen atoms in total. The van der Waals surface area contributed by atoms with E-state index in [1.54, 1.807) is 0 Å². The second-order valence-corrected chi connectivity index (χ2v) is 7.11. The van der Waals surface area contributed by atoms with Gasteiger partial charge in [-0.3, -0.25) is 4.79 Å². The number of halogens is 9. The van der Waals surface area contributed by atoms with Crippen molar-refractivity contribution in [3.63, 3.8) is 0 Å². The van der Waals surface area contributed by atoms with Crippen molar-refractivity contribution >= 4 is 11.6 Å². The number of nitrogens with one attached hydrogen (secondary N) is 2. The molecule has 0 radical (unpaired) electrons. The van der Waals surface area contributed by atoms with Crippen molar-refractivity contribution in [1.82, 2.24) is 5.32 Å². The van der Waals surface area contributed by atoms with E-state index in [0.29, 0.717) is 5.56 Å². The molecule has 33 heavy (non-hydrogen) atoms. The Hall–Kier alpha value is -2.96. The lowest BCUT2D eigenvalue weighted by Gasteiger charge is -2.32. The lowest BCUT2D eigenvalue weighted by molar-refractivity contribution is -0.261. The third-order valence-corrected chi connectivity index (χ3v) is 4.58. The van der Waals surface area contributed by atoms with Gasteiger partial charge in [-0.15, -0.1) is 0 Å². The van der Waals surface area contributed by atoms with Crippen LogP contribution in [0.15, 0.2) is 42.5 Å². The second kappa shape index (κ2) is 9.12. The Labute approximate surface area is 181 Å². The monoisotopic (exact) mass is 488 g/mol. The molecule has 1 amide bonds. The van der Waals surface area contributed by atoms with Crippen LogP contribution in [0.5, 0.6) is 0 Å². The summed E-state index contributed by atoms with van der Waals surface area (Å²) in [7, 11) is 0. The Morgan fingerprint density at radius 2 is 1.27 bits per heavy atom. The van der Waals surface area contributed by atoms with Gasteiger partial charge in [-0.1, -0.05) is 12.1 Å². The van der Waals surface area contributed by atoms with E-state index in [9.17, 15) is 49.4 Å². The van der Waals surface area contributed by atoms with Gasteiger partial charge < -0.3 is 15.7 Å². The quantitative estimate of drug-likeness (QED) is 0.489. The predicted molar refractivity (Wildman–Crippen MR) is 98.9 cm³/mol. The highest BCUT2D eigenvalue weighted by Gasteiger charge is 2.56. The van der Waals surface area contributed by atoms with Gasteiger partial charge in [-0.25, -0.2) is 0 Å². The zero-order chi connectivity index (χ0) is 25.2. The number of hydrogen-bond acceptors (Lipinski definition) is 3. The summed E-state index contributed by atoms with van der Waals surface area (Å²) < 4.78 is 119. The lowest BCUT2D eigenvalue weighted by atomic mass is 9.89. The highest BCUT2D eigenvalue weighted by Crippen LogP contribution is 2.44. The minimum absolute atomic E-state index is 0.00716. The maximum Gasteiger partial charge on any atom is 0.423 e. The smallest absolute Gasteiger partial charge is 0.381 e. The molecular weight excluding hydrogens is 471 g/mol. The first-order chi connectivity index (χ1) is 14.9. The summed E-state index contributed by atoms with van der Waals surface area (Å²) in [5.74, 6) is -0.327. The van der Waals surface area contributed by atoms with Crippen LogP contribution < -0.4 is 10.6 Å². The molecule has 0 fully saturated rings. The average molecular weight is 488 g/mol. The molecule has 0 heterocycles. The molecular formula is C20H17F9N2O2. The Bertz CT molecular complexity index is 951. The zero-order valence-electron chi connectivity index (χ0n) is 16.7. The summed E-state index contributed by atoms with van der Waals surface area (Å²) in [6.07, 6.45) is -16.4. The van der Waals surface area contributed by atoms with E-state index in [4.69, 9.17) is 0 Å². The van der Waals surface area contributed by atoms with Gasteiger partial charge in [-0.2, -0.15) is 39.5 Å². The molecule has 3 N–H and O–H groups in total. The number of carbonyl (C=O) groups is 1. The molecule has 1 atom stereocenters. The number of anilines is 1. The standard InChI is InChI=1S/C20H17F9N2O2/c1-11(32)30-9-12-2-4-16(5-3-12)31-10-17(33,20(27,28)29)13-6-14(18(21,22)23)8-15(7-13)19(24,25)26/h2-8,31,33H,9-10H2,1H3,(H,30,32)/t17-/m0/s1. The summed E-state index contributed by atoms with van der Waals surface area (Å²) in [6.45, 7) is -0.0847. The van der Waals surface area contributed by atoms with E-state index in [2.05, 4.69) is 10.6 Å². The highest BCUT2D eigenvalue weighted by atomic mass is 19.4. The Morgan fingerprint density at radius 1 is 0.818 bits per heavy atom. The van der Waals surface area contributed by atoms with Crippen LogP contribution in [0.2, 0.25) is 0 Å². The van der Waals surface area contributed by atoms with Gasteiger partial charge in [0.25, 0.3) is 0 Å². The van der Waals surface area contributed by atoms with Crippen molar-refractivity contribution in [2.45, 2.75) is 37.6 Å². The van der Waals surface area contributed by atoms with E-state index in [0.717, 1.165) is 0 Å². The Kier molecular flexibility index (Phi) is 7.27. The first-order valence-electron chi connectivity index (χ1n) is 9.10. The minimum atomic E-state index is -5.63. The lowest BCUT2D eigenvalue weighted by Crippen LogP contribution is -2.48. The largest absolute Gasteiger partial charge is 0.423 e. The van der Waals surface area contributed by atoms with Gasteiger partial charge >= 0.3 is 18.5 Å². The molecule has 2 aromatic carbocycles. The van der Waals surface area contributed by atoms with Crippen LogP contribution in [0.4, 0.5) is 45.2 Å². The number of carbonyl (C=O) groups excluding carboxylic acids is 1. The normalized spacial score (nSPS) is 14.5. The number of hydrogen-bond donors (Lipinski definition) is 3. The number of aliphatic hydroxyl groups is 1. The van der Waals surface area contributed by atoms with Gasteiger partial charge in [0.05, 0.1) is 17.7 Å². The van der Waals surface area contributed by atoms with Crippen LogP contribution in [-0.2, 0) is 29.3 Å². The molecule has 0 unspecified atom stereocenters. The summed E-state index contributed by atoms with van der Waals surface area (Å²) in [5.41, 5.74) is -9.12. The van der Waals surface area contributed by atoms with E-state index >= 15 is 0 Å². The zero-order valence-corrected chi connectivity index (χ0v) is 16.7. The average Bonchev–Trinajstić information content (AvgIpc) is 2.68. The molecule has 2 rings (SSSR count). The van der Waals surface area contributed by atoms with Crippen molar-refractivity contribution in [3.05, 3.63) is 64.7 Å².